The molecule has 0 aliphatic heterocycles. The van der Waals surface area contributed by atoms with Crippen LogP contribution < -0.4 is 5.73 Å². The number of fused-ring (bicyclic) bond motifs is 1. The molecule has 0 aliphatic rings. The highest BCUT2D eigenvalue weighted by molar-refractivity contribution is 5.96. The first-order chi connectivity index (χ1) is 5.77. The largest absolute Gasteiger partial charge is 0.364 e. The number of hydrogen-bond donors (Lipinski definition) is 2. The molecule has 0 atom stereocenters. The number of rotatable bonds is 1. The van der Waals surface area contributed by atoms with Crippen LogP contribution in [-0.4, -0.2) is 10.9 Å². The Morgan fingerprint density at radius 3 is 2.62 bits per heavy atom. The maximum Gasteiger partial charge on any atom is 0.265 e. The van der Waals surface area contributed by atoms with Crippen LogP contribution in [0, 0.1) is 0 Å². The van der Waals surface area contributed by atoms with Crippen molar-refractivity contribution in [3.63, 3.8) is 0 Å². The zero-order valence-electron chi connectivity index (χ0n) is 6.37. The van der Waals surface area contributed by atoms with Crippen LogP contribution in [0.5, 0.6) is 0 Å². The van der Waals surface area contributed by atoms with E-state index < -0.39 is 5.91 Å². The van der Waals surface area contributed by atoms with Gasteiger partial charge in [-0.3, -0.25) is 4.79 Å². The lowest BCUT2D eigenvalue weighted by atomic mass is 10.2. The van der Waals surface area contributed by atoms with E-state index in [-0.39, 0.29) is 7.43 Å². The van der Waals surface area contributed by atoms with Crippen LogP contribution in [0.4, 0.5) is 0 Å². The molecule has 0 radical (unpaired) electrons. The summed E-state index contributed by atoms with van der Waals surface area (Å²) in [6.45, 7) is 0. The monoisotopic (exact) mass is 176 g/mol. The van der Waals surface area contributed by atoms with Gasteiger partial charge in [0, 0.05) is 10.9 Å². The SMILES string of the molecule is C.NC(=O)c1cc2ccccc2[nH]1. The van der Waals surface area contributed by atoms with Crippen LogP contribution in [0.15, 0.2) is 30.3 Å². The van der Waals surface area contributed by atoms with Crippen molar-refractivity contribution in [2.24, 2.45) is 5.73 Å². The quantitative estimate of drug-likeness (QED) is 0.685. The number of amides is 1. The predicted molar refractivity (Wildman–Crippen MR) is 53.5 cm³/mol. The Bertz CT molecular complexity index is 398. The van der Waals surface area contributed by atoms with Gasteiger partial charge in [-0.1, -0.05) is 25.6 Å². The third-order valence-electron chi connectivity index (χ3n) is 1.80. The zero-order chi connectivity index (χ0) is 8.55. The van der Waals surface area contributed by atoms with Crippen LogP contribution in [-0.2, 0) is 0 Å². The Morgan fingerprint density at radius 1 is 1.31 bits per heavy atom. The second kappa shape index (κ2) is 3.31. The fourth-order valence-electron chi connectivity index (χ4n) is 1.21. The standard InChI is InChI=1S/C9H8N2O.CH4/c10-9(12)8-5-6-3-1-2-4-7(6)11-8;/h1-5,11H,(H2,10,12);1H4. The number of carbonyl (C=O) groups is 1. The molecule has 1 amide bonds. The molecular formula is C10H12N2O. The van der Waals surface area contributed by atoms with Crippen molar-refractivity contribution in [3.05, 3.63) is 36.0 Å². The number of aromatic nitrogens is 1. The fourth-order valence-corrected chi connectivity index (χ4v) is 1.21. The Kier molecular flexibility index (Phi) is 2.37. The first-order valence-electron chi connectivity index (χ1n) is 3.65. The van der Waals surface area contributed by atoms with Crippen molar-refractivity contribution in [1.82, 2.24) is 4.98 Å². The van der Waals surface area contributed by atoms with Gasteiger partial charge in [0.2, 0.25) is 0 Å². The molecule has 13 heavy (non-hydrogen) atoms. The van der Waals surface area contributed by atoms with Gasteiger partial charge in [-0.2, -0.15) is 0 Å². The second-order valence-electron chi connectivity index (χ2n) is 2.63. The smallest absolute Gasteiger partial charge is 0.265 e. The van der Waals surface area contributed by atoms with E-state index in [1.54, 1.807) is 6.07 Å². The molecule has 0 spiro atoms. The molecular weight excluding hydrogens is 164 g/mol. The number of nitrogens with two attached hydrogens (primary N) is 1. The molecule has 0 saturated heterocycles. The minimum absolute atomic E-state index is 0. The van der Waals surface area contributed by atoms with Gasteiger partial charge in [-0.15, -0.1) is 0 Å². The Morgan fingerprint density at radius 2 is 2.00 bits per heavy atom. The summed E-state index contributed by atoms with van der Waals surface area (Å²) in [4.78, 5) is 13.7. The molecule has 68 valence electrons. The summed E-state index contributed by atoms with van der Waals surface area (Å²) in [6, 6.07) is 9.41. The molecule has 2 rings (SSSR count). The Labute approximate surface area is 76.6 Å². The van der Waals surface area contributed by atoms with Gasteiger partial charge < -0.3 is 10.7 Å². The van der Waals surface area contributed by atoms with Gasteiger partial charge in [0.1, 0.15) is 5.69 Å². The number of hydrogen-bond acceptors (Lipinski definition) is 1. The number of aromatic amines is 1. The summed E-state index contributed by atoms with van der Waals surface area (Å²) >= 11 is 0. The van der Waals surface area contributed by atoms with Crippen LogP contribution in [0.2, 0.25) is 0 Å². The molecule has 1 aromatic carbocycles. The van der Waals surface area contributed by atoms with Crippen molar-refractivity contribution in [1.29, 1.82) is 0 Å². The van der Waals surface area contributed by atoms with Gasteiger partial charge in [0.05, 0.1) is 0 Å². The van der Waals surface area contributed by atoms with Gasteiger partial charge >= 0.3 is 0 Å². The summed E-state index contributed by atoms with van der Waals surface area (Å²) in [6.07, 6.45) is 0. The Hall–Kier alpha value is -1.77. The first kappa shape index (κ1) is 9.32. The third kappa shape index (κ3) is 1.54. The van der Waals surface area contributed by atoms with Crippen LogP contribution >= 0.6 is 0 Å². The molecule has 3 nitrogen and oxygen atoms in total. The first-order valence-corrected chi connectivity index (χ1v) is 3.65. The molecule has 1 aromatic heterocycles. The van der Waals surface area contributed by atoms with Crippen molar-refractivity contribution in [3.8, 4) is 0 Å². The highest BCUT2D eigenvalue weighted by Gasteiger charge is 2.03. The van der Waals surface area contributed by atoms with E-state index in [1.165, 1.54) is 0 Å². The third-order valence-corrected chi connectivity index (χ3v) is 1.80. The van der Waals surface area contributed by atoms with E-state index in [9.17, 15) is 4.79 Å². The molecule has 3 N–H and O–H groups in total. The highest BCUT2D eigenvalue weighted by Crippen LogP contribution is 2.13. The van der Waals surface area contributed by atoms with Crippen LogP contribution in [0.1, 0.15) is 17.9 Å². The summed E-state index contributed by atoms with van der Waals surface area (Å²) in [5.74, 6) is -0.425. The van der Waals surface area contributed by atoms with Gasteiger partial charge in [-0.05, 0) is 12.1 Å². The molecule has 0 aliphatic carbocycles. The molecule has 1 heterocycles. The second-order valence-corrected chi connectivity index (χ2v) is 2.63. The van der Waals surface area contributed by atoms with E-state index in [2.05, 4.69) is 4.98 Å². The number of H-pyrrole nitrogens is 1. The minimum atomic E-state index is -0.425. The maximum absolute atomic E-state index is 10.8. The van der Waals surface area contributed by atoms with Crippen molar-refractivity contribution < 1.29 is 4.79 Å². The fraction of sp³-hybridized carbons (Fsp3) is 0.100. The zero-order valence-corrected chi connectivity index (χ0v) is 6.37. The van der Waals surface area contributed by atoms with Crippen molar-refractivity contribution >= 4 is 16.8 Å². The number of benzene rings is 1. The van der Waals surface area contributed by atoms with E-state index in [0.29, 0.717) is 5.69 Å². The molecule has 3 heteroatoms. The Balaban J connectivity index is 0.000000845. The number of para-hydroxylation sites is 1. The van der Waals surface area contributed by atoms with Crippen LogP contribution in [0.25, 0.3) is 10.9 Å². The lowest BCUT2D eigenvalue weighted by Gasteiger charge is -1.85. The predicted octanol–water partition coefficient (Wildman–Crippen LogP) is 1.90. The summed E-state index contributed by atoms with van der Waals surface area (Å²) in [7, 11) is 0. The molecule has 0 saturated carbocycles. The van der Waals surface area contributed by atoms with E-state index >= 15 is 0 Å². The number of nitrogens with one attached hydrogen (secondary N) is 1. The normalized spacial score (nSPS) is 9.54. The molecule has 0 unspecified atom stereocenters. The molecule has 0 bridgehead atoms. The summed E-state index contributed by atoms with van der Waals surface area (Å²) in [5, 5.41) is 1.01. The van der Waals surface area contributed by atoms with E-state index in [1.807, 2.05) is 24.3 Å². The lowest BCUT2D eigenvalue weighted by Crippen LogP contribution is -2.10. The average Bonchev–Trinajstić information content (AvgIpc) is 2.46. The van der Waals surface area contributed by atoms with E-state index in [4.69, 9.17) is 5.73 Å². The van der Waals surface area contributed by atoms with E-state index in [0.717, 1.165) is 10.9 Å². The number of primary amides is 1. The minimum Gasteiger partial charge on any atom is -0.364 e. The van der Waals surface area contributed by atoms with Crippen LogP contribution in [0.3, 0.4) is 0 Å². The van der Waals surface area contributed by atoms with Crippen molar-refractivity contribution in [2.45, 2.75) is 7.43 Å². The van der Waals surface area contributed by atoms with Gasteiger partial charge in [-0.25, -0.2) is 0 Å². The summed E-state index contributed by atoms with van der Waals surface area (Å²) < 4.78 is 0. The number of carbonyl (C=O) groups excluding carboxylic acids is 1. The average molecular weight is 176 g/mol. The van der Waals surface area contributed by atoms with Gasteiger partial charge in [0.25, 0.3) is 5.91 Å². The highest BCUT2D eigenvalue weighted by atomic mass is 16.1. The van der Waals surface area contributed by atoms with Gasteiger partial charge in [0.15, 0.2) is 0 Å². The maximum atomic E-state index is 10.8. The molecule has 0 fully saturated rings. The van der Waals surface area contributed by atoms with Crippen molar-refractivity contribution in [2.75, 3.05) is 0 Å². The molecule has 2 aromatic rings. The summed E-state index contributed by atoms with van der Waals surface area (Å²) in [5.41, 5.74) is 6.50. The topological polar surface area (TPSA) is 58.9 Å². The lowest BCUT2D eigenvalue weighted by molar-refractivity contribution is 0.0996.